The molecule has 0 radical (unpaired) electrons. The van der Waals surface area contributed by atoms with Gasteiger partial charge in [-0.05, 0) is 36.1 Å². The molecule has 5 nitrogen and oxygen atoms in total. The summed E-state index contributed by atoms with van der Waals surface area (Å²) in [5.74, 6) is -0.825. The van der Waals surface area contributed by atoms with Crippen LogP contribution in [0.5, 0.6) is 0 Å². The van der Waals surface area contributed by atoms with Gasteiger partial charge >= 0.3 is 0 Å². The van der Waals surface area contributed by atoms with Crippen LogP contribution in [-0.4, -0.2) is 28.0 Å². The second-order valence-electron chi connectivity index (χ2n) is 5.26. The summed E-state index contributed by atoms with van der Waals surface area (Å²) in [5, 5.41) is 4.11. The SMILES string of the molecule is CCc1ccc2c(c1)C(=O)C(=O)N2CCc1cnn(C)c1. The molecule has 1 amide bonds. The van der Waals surface area contributed by atoms with Crippen molar-refractivity contribution in [3.05, 3.63) is 47.3 Å². The molecule has 3 rings (SSSR count). The highest BCUT2D eigenvalue weighted by atomic mass is 16.2. The van der Waals surface area contributed by atoms with Gasteiger partial charge in [0.05, 0.1) is 17.4 Å². The zero-order valence-electron chi connectivity index (χ0n) is 12.2. The highest BCUT2D eigenvalue weighted by Gasteiger charge is 2.35. The minimum Gasteiger partial charge on any atom is -0.304 e. The number of ketones is 1. The maximum absolute atomic E-state index is 12.1. The molecular weight excluding hydrogens is 266 g/mol. The van der Waals surface area contributed by atoms with Crippen LogP contribution in [0.3, 0.4) is 0 Å². The van der Waals surface area contributed by atoms with Crippen LogP contribution in [0.25, 0.3) is 0 Å². The molecule has 1 aromatic heterocycles. The van der Waals surface area contributed by atoms with E-state index in [0.717, 1.165) is 23.2 Å². The number of Topliss-reactive ketones (excluding diaryl/α,β-unsaturated/α-hetero) is 1. The molecule has 0 saturated heterocycles. The van der Waals surface area contributed by atoms with Gasteiger partial charge in [0.1, 0.15) is 0 Å². The van der Waals surface area contributed by atoms with Crippen LogP contribution < -0.4 is 4.90 Å². The maximum atomic E-state index is 12.1. The van der Waals surface area contributed by atoms with Crippen molar-refractivity contribution >= 4 is 17.4 Å². The molecule has 0 bridgehead atoms. The van der Waals surface area contributed by atoms with Crippen molar-refractivity contribution in [2.75, 3.05) is 11.4 Å². The molecule has 5 heteroatoms. The number of aromatic nitrogens is 2. The molecular formula is C16H17N3O2. The minimum atomic E-state index is -0.429. The van der Waals surface area contributed by atoms with E-state index in [1.165, 1.54) is 0 Å². The van der Waals surface area contributed by atoms with Crippen LogP contribution in [0.15, 0.2) is 30.6 Å². The van der Waals surface area contributed by atoms with Gasteiger partial charge in [-0.15, -0.1) is 0 Å². The summed E-state index contributed by atoms with van der Waals surface area (Å²) >= 11 is 0. The predicted molar refractivity (Wildman–Crippen MR) is 79.4 cm³/mol. The Morgan fingerprint density at radius 2 is 2.00 bits per heavy atom. The predicted octanol–water partition coefficient (Wildman–Crippen LogP) is 1.75. The average molecular weight is 283 g/mol. The zero-order chi connectivity index (χ0) is 15.0. The standard InChI is InChI=1S/C16H17N3O2/c1-3-11-4-5-14-13(8-11)15(20)16(21)19(14)7-6-12-9-17-18(2)10-12/h4-5,8-10H,3,6-7H2,1-2H3. The van der Waals surface area contributed by atoms with Crippen LogP contribution in [-0.2, 0) is 24.7 Å². The van der Waals surface area contributed by atoms with E-state index in [-0.39, 0.29) is 0 Å². The van der Waals surface area contributed by atoms with Gasteiger partial charge in [-0.3, -0.25) is 14.3 Å². The fraction of sp³-hybridized carbons (Fsp3) is 0.312. The molecule has 1 aliphatic rings. The van der Waals surface area contributed by atoms with Crippen LogP contribution in [0.2, 0.25) is 0 Å². The molecule has 2 aromatic rings. The average Bonchev–Trinajstić information content (AvgIpc) is 3.00. The second kappa shape index (κ2) is 5.16. The van der Waals surface area contributed by atoms with Crippen molar-refractivity contribution in [1.82, 2.24) is 9.78 Å². The van der Waals surface area contributed by atoms with E-state index in [9.17, 15) is 9.59 Å². The van der Waals surface area contributed by atoms with E-state index < -0.39 is 11.7 Å². The number of carbonyl (C=O) groups excluding carboxylic acids is 2. The van der Waals surface area contributed by atoms with Crippen molar-refractivity contribution in [2.45, 2.75) is 19.8 Å². The van der Waals surface area contributed by atoms with E-state index in [1.54, 1.807) is 15.8 Å². The number of hydrogen-bond acceptors (Lipinski definition) is 3. The van der Waals surface area contributed by atoms with E-state index >= 15 is 0 Å². The number of rotatable bonds is 4. The number of hydrogen-bond donors (Lipinski definition) is 0. The van der Waals surface area contributed by atoms with E-state index in [1.807, 2.05) is 38.4 Å². The fourth-order valence-electron chi connectivity index (χ4n) is 2.63. The van der Waals surface area contributed by atoms with Gasteiger partial charge in [0, 0.05) is 19.8 Å². The van der Waals surface area contributed by atoms with Crippen molar-refractivity contribution in [3.63, 3.8) is 0 Å². The molecule has 0 N–H and O–H groups in total. The quantitative estimate of drug-likeness (QED) is 0.803. The number of benzene rings is 1. The van der Waals surface area contributed by atoms with Gasteiger partial charge in [0.2, 0.25) is 0 Å². The molecule has 21 heavy (non-hydrogen) atoms. The summed E-state index contributed by atoms with van der Waals surface area (Å²) in [7, 11) is 1.86. The fourth-order valence-corrected chi connectivity index (χ4v) is 2.63. The lowest BCUT2D eigenvalue weighted by Crippen LogP contribution is -2.31. The van der Waals surface area contributed by atoms with Gasteiger partial charge < -0.3 is 4.90 Å². The number of fused-ring (bicyclic) bond motifs is 1. The first-order chi connectivity index (χ1) is 10.1. The first-order valence-corrected chi connectivity index (χ1v) is 7.06. The first-order valence-electron chi connectivity index (χ1n) is 7.06. The lowest BCUT2D eigenvalue weighted by atomic mass is 10.1. The molecule has 0 atom stereocenters. The molecule has 1 aromatic carbocycles. The Bertz CT molecular complexity index is 718. The van der Waals surface area contributed by atoms with Crippen LogP contribution in [0.4, 0.5) is 5.69 Å². The highest BCUT2D eigenvalue weighted by Crippen LogP contribution is 2.30. The van der Waals surface area contributed by atoms with E-state index in [0.29, 0.717) is 18.5 Å². The number of anilines is 1. The minimum absolute atomic E-state index is 0.397. The third-order valence-electron chi connectivity index (χ3n) is 3.83. The van der Waals surface area contributed by atoms with Crippen LogP contribution in [0, 0.1) is 0 Å². The molecule has 1 aliphatic heterocycles. The monoisotopic (exact) mass is 283 g/mol. The third-order valence-corrected chi connectivity index (χ3v) is 3.83. The molecule has 0 saturated carbocycles. The Kier molecular flexibility index (Phi) is 3.33. The molecule has 0 spiro atoms. The summed E-state index contributed by atoms with van der Waals surface area (Å²) in [6, 6.07) is 5.68. The van der Waals surface area contributed by atoms with E-state index in [4.69, 9.17) is 0 Å². The smallest absolute Gasteiger partial charge is 0.299 e. The summed E-state index contributed by atoms with van der Waals surface area (Å²) in [4.78, 5) is 25.8. The highest BCUT2D eigenvalue weighted by molar-refractivity contribution is 6.52. The Labute approximate surface area is 123 Å². The maximum Gasteiger partial charge on any atom is 0.299 e. The van der Waals surface area contributed by atoms with Gasteiger partial charge in [-0.25, -0.2) is 0 Å². The van der Waals surface area contributed by atoms with Gasteiger partial charge in [-0.1, -0.05) is 13.0 Å². The largest absolute Gasteiger partial charge is 0.304 e. The Balaban J connectivity index is 1.84. The van der Waals surface area contributed by atoms with Crippen LogP contribution in [0.1, 0.15) is 28.4 Å². The van der Waals surface area contributed by atoms with Crippen molar-refractivity contribution in [2.24, 2.45) is 7.05 Å². The third kappa shape index (κ3) is 2.35. The van der Waals surface area contributed by atoms with Crippen molar-refractivity contribution < 1.29 is 9.59 Å². The van der Waals surface area contributed by atoms with Crippen LogP contribution >= 0.6 is 0 Å². The van der Waals surface area contributed by atoms with Gasteiger partial charge in [0.15, 0.2) is 0 Å². The van der Waals surface area contributed by atoms with Gasteiger partial charge in [0.25, 0.3) is 11.7 Å². The molecule has 0 fully saturated rings. The van der Waals surface area contributed by atoms with Gasteiger partial charge in [-0.2, -0.15) is 5.10 Å². The first kappa shape index (κ1) is 13.5. The Morgan fingerprint density at radius 3 is 2.67 bits per heavy atom. The topological polar surface area (TPSA) is 55.2 Å². The number of amides is 1. The molecule has 0 unspecified atom stereocenters. The normalized spacial score (nSPS) is 13.9. The number of nitrogens with zero attached hydrogens (tertiary/aromatic N) is 3. The number of aryl methyl sites for hydroxylation is 2. The summed E-state index contributed by atoms with van der Waals surface area (Å²) in [6.45, 7) is 2.53. The lowest BCUT2D eigenvalue weighted by molar-refractivity contribution is -0.114. The summed E-state index contributed by atoms with van der Waals surface area (Å²) < 4.78 is 1.73. The van der Waals surface area contributed by atoms with E-state index in [2.05, 4.69) is 5.10 Å². The second-order valence-corrected chi connectivity index (χ2v) is 5.26. The lowest BCUT2D eigenvalue weighted by Gasteiger charge is -2.16. The Hall–Kier alpha value is -2.43. The molecule has 2 heterocycles. The summed E-state index contributed by atoms with van der Waals surface area (Å²) in [6.07, 6.45) is 5.24. The zero-order valence-corrected chi connectivity index (χ0v) is 12.2. The molecule has 108 valence electrons. The number of carbonyl (C=O) groups is 2. The van der Waals surface area contributed by atoms with Crippen molar-refractivity contribution in [3.8, 4) is 0 Å². The Morgan fingerprint density at radius 1 is 1.19 bits per heavy atom. The van der Waals surface area contributed by atoms with Crippen molar-refractivity contribution in [1.29, 1.82) is 0 Å². The molecule has 0 aliphatic carbocycles. The summed E-state index contributed by atoms with van der Waals surface area (Å²) in [5.41, 5.74) is 3.39.